The first-order valence-corrected chi connectivity index (χ1v) is 8.85. The lowest BCUT2D eigenvalue weighted by Crippen LogP contribution is -2.32. The third-order valence-corrected chi connectivity index (χ3v) is 3.59. The van der Waals surface area contributed by atoms with Gasteiger partial charge in [0, 0.05) is 10.6 Å². The number of hydrazone groups is 1. The average molecular weight is 419 g/mol. The van der Waals surface area contributed by atoms with E-state index in [-0.39, 0.29) is 12.4 Å². The topological polar surface area (TPSA) is 132 Å². The van der Waals surface area contributed by atoms with E-state index in [1.165, 1.54) is 18.3 Å². The Morgan fingerprint density at radius 3 is 2.59 bits per heavy atom. The van der Waals surface area contributed by atoms with Crippen molar-refractivity contribution < 1.29 is 23.9 Å². The number of nitrogens with zero attached hydrogens (tertiary/aromatic N) is 1. The van der Waals surface area contributed by atoms with Crippen molar-refractivity contribution in [3.8, 4) is 11.5 Å². The smallest absolute Gasteiger partial charge is 0.329 e. The Labute approximate surface area is 171 Å². The monoisotopic (exact) mass is 418 g/mol. The third kappa shape index (κ3) is 6.82. The number of para-hydroxylation sites is 2. The minimum Gasteiger partial charge on any atom is -0.492 e. The third-order valence-electron chi connectivity index (χ3n) is 3.35. The van der Waals surface area contributed by atoms with Gasteiger partial charge in [0.05, 0.1) is 18.5 Å². The maximum Gasteiger partial charge on any atom is 0.329 e. The summed E-state index contributed by atoms with van der Waals surface area (Å²) in [7, 11) is 0. The van der Waals surface area contributed by atoms with Crippen LogP contribution in [-0.4, -0.2) is 37.1 Å². The number of hydrogen-bond donors (Lipinski definition) is 3. The molecular weight excluding hydrogens is 400 g/mol. The minimum absolute atomic E-state index is 0.279. The Hall–Kier alpha value is -3.59. The molecule has 9 nitrogen and oxygen atoms in total. The molecule has 0 heterocycles. The summed E-state index contributed by atoms with van der Waals surface area (Å²) in [5.74, 6) is -1.85. The lowest BCUT2D eigenvalue weighted by molar-refractivity contribution is -0.136. The first kappa shape index (κ1) is 21.7. The van der Waals surface area contributed by atoms with Crippen LogP contribution in [0.25, 0.3) is 0 Å². The van der Waals surface area contributed by atoms with Crippen molar-refractivity contribution in [2.45, 2.75) is 6.92 Å². The summed E-state index contributed by atoms with van der Waals surface area (Å²) in [6.45, 7) is 1.87. The SMILES string of the molecule is CCOc1ccccc1NC(=O)C(=O)N/N=C\c1cc(Cl)ccc1OCC(N)=O. The second-order valence-corrected chi connectivity index (χ2v) is 5.96. The van der Waals surface area contributed by atoms with Gasteiger partial charge >= 0.3 is 11.8 Å². The van der Waals surface area contributed by atoms with Crippen LogP contribution in [0.2, 0.25) is 5.02 Å². The standard InChI is InChI=1S/C19H19ClN4O5/c1-2-28-16-6-4-3-5-14(16)23-18(26)19(27)24-22-10-12-9-13(20)7-8-15(12)29-11-17(21)25/h3-10H,2,11H2,1H3,(H2,21,25)(H,23,26)(H,24,27)/b22-10-. The van der Waals surface area contributed by atoms with Crippen molar-refractivity contribution in [2.24, 2.45) is 10.8 Å². The van der Waals surface area contributed by atoms with Gasteiger partial charge in [0.1, 0.15) is 11.5 Å². The molecule has 4 N–H and O–H groups in total. The predicted octanol–water partition coefficient (Wildman–Crippen LogP) is 1.69. The number of carbonyl (C=O) groups excluding carboxylic acids is 3. The average Bonchev–Trinajstić information content (AvgIpc) is 2.68. The van der Waals surface area contributed by atoms with Crippen molar-refractivity contribution in [1.29, 1.82) is 0 Å². The molecule has 3 amide bonds. The molecule has 0 bridgehead atoms. The van der Waals surface area contributed by atoms with E-state index in [9.17, 15) is 14.4 Å². The van der Waals surface area contributed by atoms with Crippen LogP contribution in [-0.2, 0) is 14.4 Å². The molecule has 0 atom stereocenters. The van der Waals surface area contributed by atoms with E-state index in [0.717, 1.165) is 0 Å². The van der Waals surface area contributed by atoms with E-state index in [1.807, 2.05) is 0 Å². The van der Waals surface area contributed by atoms with Gasteiger partial charge in [-0.15, -0.1) is 0 Å². The second kappa shape index (κ2) is 10.7. The van der Waals surface area contributed by atoms with E-state index in [2.05, 4.69) is 15.8 Å². The highest BCUT2D eigenvalue weighted by atomic mass is 35.5. The maximum atomic E-state index is 12.1. The van der Waals surface area contributed by atoms with Gasteiger partial charge in [-0.2, -0.15) is 5.10 Å². The lowest BCUT2D eigenvalue weighted by Gasteiger charge is -2.10. The van der Waals surface area contributed by atoms with Crippen molar-refractivity contribution in [2.75, 3.05) is 18.5 Å². The summed E-state index contributed by atoms with van der Waals surface area (Å²) in [6.07, 6.45) is 1.22. The first-order chi connectivity index (χ1) is 13.9. The van der Waals surface area contributed by atoms with E-state index in [1.54, 1.807) is 37.3 Å². The molecule has 0 aliphatic heterocycles. The lowest BCUT2D eigenvalue weighted by atomic mass is 10.2. The maximum absolute atomic E-state index is 12.1. The molecule has 2 aromatic rings. The van der Waals surface area contributed by atoms with Crippen LogP contribution in [0.3, 0.4) is 0 Å². The minimum atomic E-state index is -0.991. The van der Waals surface area contributed by atoms with Gasteiger partial charge in [0.2, 0.25) is 0 Å². The Balaban J connectivity index is 2.01. The number of ether oxygens (including phenoxy) is 2. The Kier molecular flexibility index (Phi) is 7.99. The van der Waals surface area contributed by atoms with Crippen molar-refractivity contribution >= 4 is 41.2 Å². The van der Waals surface area contributed by atoms with Gasteiger partial charge in [-0.3, -0.25) is 14.4 Å². The van der Waals surface area contributed by atoms with Gasteiger partial charge < -0.3 is 20.5 Å². The van der Waals surface area contributed by atoms with Gasteiger partial charge in [-0.25, -0.2) is 5.43 Å². The van der Waals surface area contributed by atoms with Crippen LogP contribution < -0.4 is 25.9 Å². The molecule has 29 heavy (non-hydrogen) atoms. The number of benzene rings is 2. The number of nitrogens with one attached hydrogen (secondary N) is 2. The van der Waals surface area contributed by atoms with E-state index >= 15 is 0 Å². The number of carbonyl (C=O) groups is 3. The summed E-state index contributed by atoms with van der Waals surface area (Å²) in [4.78, 5) is 34.9. The van der Waals surface area contributed by atoms with Gasteiger partial charge in [-0.05, 0) is 37.3 Å². The van der Waals surface area contributed by atoms with Crippen molar-refractivity contribution in [3.05, 3.63) is 53.1 Å². The molecule has 0 aliphatic carbocycles. The highest BCUT2D eigenvalue weighted by molar-refractivity contribution is 6.39. The zero-order valence-electron chi connectivity index (χ0n) is 15.5. The molecule has 0 aliphatic rings. The zero-order chi connectivity index (χ0) is 21.2. The van der Waals surface area contributed by atoms with Crippen molar-refractivity contribution in [3.63, 3.8) is 0 Å². The fraction of sp³-hybridized carbons (Fsp3) is 0.158. The van der Waals surface area contributed by atoms with Crippen LogP contribution in [0.1, 0.15) is 12.5 Å². The molecule has 0 saturated carbocycles. The number of primary amides is 1. The Morgan fingerprint density at radius 2 is 1.86 bits per heavy atom. The van der Waals surface area contributed by atoms with Crippen LogP contribution in [0.4, 0.5) is 5.69 Å². The normalized spacial score (nSPS) is 10.4. The summed E-state index contributed by atoms with van der Waals surface area (Å²) in [6, 6.07) is 11.3. The molecule has 152 valence electrons. The van der Waals surface area contributed by atoms with E-state index in [0.29, 0.717) is 28.6 Å². The van der Waals surface area contributed by atoms with Crippen LogP contribution in [0.5, 0.6) is 11.5 Å². The molecule has 0 unspecified atom stereocenters. The number of amides is 3. The van der Waals surface area contributed by atoms with Gasteiger partial charge in [-0.1, -0.05) is 23.7 Å². The summed E-state index contributed by atoms with van der Waals surface area (Å²) >= 11 is 5.93. The molecule has 0 spiro atoms. The predicted molar refractivity (Wildman–Crippen MR) is 108 cm³/mol. The van der Waals surface area contributed by atoms with Gasteiger partial charge in [0.15, 0.2) is 6.61 Å². The Bertz CT molecular complexity index is 933. The summed E-state index contributed by atoms with van der Waals surface area (Å²) in [5, 5.41) is 6.55. The second-order valence-electron chi connectivity index (χ2n) is 5.52. The Morgan fingerprint density at radius 1 is 1.10 bits per heavy atom. The summed E-state index contributed by atoms with van der Waals surface area (Å²) in [5.41, 5.74) is 7.89. The zero-order valence-corrected chi connectivity index (χ0v) is 16.2. The number of halogens is 1. The molecule has 2 rings (SSSR count). The molecular formula is C19H19ClN4O5. The molecule has 0 saturated heterocycles. The molecule has 0 aromatic heterocycles. The molecule has 10 heteroatoms. The van der Waals surface area contributed by atoms with E-state index < -0.39 is 17.7 Å². The van der Waals surface area contributed by atoms with Crippen molar-refractivity contribution in [1.82, 2.24) is 5.43 Å². The van der Waals surface area contributed by atoms with E-state index in [4.69, 9.17) is 26.8 Å². The highest BCUT2D eigenvalue weighted by Crippen LogP contribution is 2.23. The van der Waals surface area contributed by atoms with Crippen LogP contribution in [0, 0.1) is 0 Å². The number of nitrogens with two attached hydrogens (primary N) is 1. The summed E-state index contributed by atoms with van der Waals surface area (Å²) < 4.78 is 10.6. The van der Waals surface area contributed by atoms with Crippen LogP contribution >= 0.6 is 11.6 Å². The highest BCUT2D eigenvalue weighted by Gasteiger charge is 2.15. The van der Waals surface area contributed by atoms with Gasteiger partial charge in [0.25, 0.3) is 5.91 Å². The fourth-order valence-electron chi connectivity index (χ4n) is 2.14. The molecule has 2 aromatic carbocycles. The molecule has 0 fully saturated rings. The first-order valence-electron chi connectivity index (χ1n) is 8.47. The number of rotatable bonds is 8. The largest absolute Gasteiger partial charge is 0.492 e. The number of anilines is 1. The number of hydrogen-bond acceptors (Lipinski definition) is 6. The van der Waals surface area contributed by atoms with Crippen LogP contribution in [0.15, 0.2) is 47.6 Å². The quantitative estimate of drug-likeness (QED) is 0.341. The molecule has 0 radical (unpaired) electrons. The fourth-order valence-corrected chi connectivity index (χ4v) is 2.32.